The Balaban J connectivity index is 1.62. The van der Waals surface area contributed by atoms with Crippen molar-refractivity contribution in [3.05, 3.63) is 76.6 Å². The number of aryl methyl sites for hydroxylation is 1. The molecule has 1 aromatic heterocycles. The van der Waals surface area contributed by atoms with Crippen molar-refractivity contribution < 1.29 is 13.2 Å². The topological polar surface area (TPSA) is 101 Å². The zero-order chi connectivity index (χ0) is 22.7. The molecule has 1 N–H and O–H groups in total. The van der Waals surface area contributed by atoms with Gasteiger partial charge in [0.15, 0.2) is 0 Å². The molecule has 166 valence electrons. The van der Waals surface area contributed by atoms with Gasteiger partial charge in [0, 0.05) is 30.4 Å². The Labute approximate surface area is 186 Å². The number of hydrogen-bond donors (Lipinski definition) is 1. The van der Waals surface area contributed by atoms with E-state index in [4.69, 9.17) is 0 Å². The number of carbonyl (C=O) groups excluding carboxylic acids is 1. The van der Waals surface area contributed by atoms with Crippen LogP contribution in [0.5, 0.6) is 0 Å². The summed E-state index contributed by atoms with van der Waals surface area (Å²) >= 11 is 0. The highest BCUT2D eigenvalue weighted by atomic mass is 32.2. The van der Waals surface area contributed by atoms with E-state index in [1.54, 1.807) is 49.4 Å². The van der Waals surface area contributed by atoms with Crippen molar-refractivity contribution in [2.45, 2.75) is 31.2 Å². The number of anilines is 1. The summed E-state index contributed by atoms with van der Waals surface area (Å²) in [5, 5.41) is 7.03. The van der Waals surface area contributed by atoms with Crippen LogP contribution in [0.15, 0.2) is 70.4 Å². The summed E-state index contributed by atoms with van der Waals surface area (Å²) < 4.78 is 28.7. The van der Waals surface area contributed by atoms with Crippen LogP contribution in [0.2, 0.25) is 0 Å². The molecule has 32 heavy (non-hydrogen) atoms. The number of rotatable bonds is 6. The predicted molar refractivity (Wildman–Crippen MR) is 122 cm³/mol. The standard InChI is InChI=1S/C23H24N4O4S/c1-17-9-10-18(15-21(17)32(30,31)26-13-5-6-14-26)20-11-12-23(29)27(25-20)16-22(28)24-19-7-3-2-4-8-19/h2-4,7-12,15H,5-6,13-14,16H2,1H3,(H,24,28). The van der Waals surface area contributed by atoms with Crippen LogP contribution in [0.3, 0.4) is 0 Å². The fourth-order valence-corrected chi connectivity index (χ4v) is 5.45. The normalized spacial score (nSPS) is 14.4. The first kappa shape index (κ1) is 21.9. The molecule has 3 aromatic rings. The van der Waals surface area contributed by atoms with Gasteiger partial charge in [-0.2, -0.15) is 9.40 Å². The molecule has 0 radical (unpaired) electrons. The molecule has 1 aliphatic heterocycles. The quantitative estimate of drug-likeness (QED) is 0.620. The zero-order valence-corrected chi connectivity index (χ0v) is 18.5. The van der Waals surface area contributed by atoms with Crippen LogP contribution >= 0.6 is 0 Å². The molecule has 0 unspecified atom stereocenters. The van der Waals surface area contributed by atoms with Crippen molar-refractivity contribution in [1.29, 1.82) is 0 Å². The second-order valence-electron chi connectivity index (χ2n) is 7.72. The zero-order valence-electron chi connectivity index (χ0n) is 17.7. The van der Waals surface area contributed by atoms with Gasteiger partial charge in [0.1, 0.15) is 6.54 Å². The molecular formula is C23H24N4O4S. The molecule has 1 fully saturated rings. The van der Waals surface area contributed by atoms with Crippen LogP contribution in [0.25, 0.3) is 11.3 Å². The molecule has 0 atom stereocenters. The fourth-order valence-electron chi connectivity index (χ4n) is 3.68. The second-order valence-corrected chi connectivity index (χ2v) is 9.63. The first-order valence-electron chi connectivity index (χ1n) is 10.4. The Kier molecular flexibility index (Phi) is 6.20. The van der Waals surface area contributed by atoms with E-state index in [0.717, 1.165) is 17.5 Å². The highest BCUT2D eigenvalue weighted by molar-refractivity contribution is 7.89. The lowest BCUT2D eigenvalue weighted by Crippen LogP contribution is -2.29. The Hall–Kier alpha value is -3.30. The van der Waals surface area contributed by atoms with E-state index < -0.39 is 15.6 Å². The molecule has 0 saturated carbocycles. The maximum Gasteiger partial charge on any atom is 0.267 e. The molecule has 0 bridgehead atoms. The summed E-state index contributed by atoms with van der Waals surface area (Å²) in [5.74, 6) is -0.385. The number of carbonyl (C=O) groups is 1. The Morgan fingerprint density at radius 2 is 1.75 bits per heavy atom. The summed E-state index contributed by atoms with van der Waals surface area (Å²) in [5.41, 5.74) is 1.82. The third-order valence-electron chi connectivity index (χ3n) is 5.38. The summed E-state index contributed by atoms with van der Waals surface area (Å²) in [4.78, 5) is 24.9. The van der Waals surface area contributed by atoms with E-state index in [-0.39, 0.29) is 17.3 Å². The molecule has 1 amide bonds. The highest BCUT2D eigenvalue weighted by Crippen LogP contribution is 2.27. The molecule has 9 heteroatoms. The first-order valence-corrected chi connectivity index (χ1v) is 11.8. The number of nitrogens with zero attached hydrogens (tertiary/aromatic N) is 3. The van der Waals surface area contributed by atoms with Crippen molar-refractivity contribution in [2.75, 3.05) is 18.4 Å². The summed E-state index contributed by atoms with van der Waals surface area (Å²) in [7, 11) is -3.60. The lowest BCUT2D eigenvalue weighted by atomic mass is 10.1. The summed E-state index contributed by atoms with van der Waals surface area (Å²) in [6.07, 6.45) is 1.71. The third-order valence-corrected chi connectivity index (χ3v) is 7.42. The minimum absolute atomic E-state index is 0.235. The number of benzene rings is 2. The van der Waals surface area contributed by atoms with Crippen molar-refractivity contribution in [1.82, 2.24) is 14.1 Å². The molecule has 8 nitrogen and oxygen atoms in total. The van der Waals surface area contributed by atoms with Gasteiger partial charge < -0.3 is 5.32 Å². The maximum absolute atomic E-state index is 13.1. The average Bonchev–Trinajstić information content (AvgIpc) is 3.32. The van der Waals surface area contributed by atoms with Gasteiger partial charge in [0.05, 0.1) is 10.6 Å². The van der Waals surface area contributed by atoms with Gasteiger partial charge in [-0.3, -0.25) is 9.59 Å². The maximum atomic E-state index is 13.1. The lowest BCUT2D eigenvalue weighted by Gasteiger charge is -2.18. The van der Waals surface area contributed by atoms with Crippen LogP contribution in [-0.4, -0.2) is 41.5 Å². The van der Waals surface area contributed by atoms with E-state index in [0.29, 0.717) is 35.6 Å². The average molecular weight is 453 g/mol. The first-order chi connectivity index (χ1) is 15.3. The molecular weight excluding hydrogens is 428 g/mol. The van der Waals surface area contributed by atoms with E-state index in [2.05, 4.69) is 10.4 Å². The van der Waals surface area contributed by atoms with Crippen molar-refractivity contribution in [3.63, 3.8) is 0 Å². The van der Waals surface area contributed by atoms with Crippen LogP contribution in [-0.2, 0) is 21.4 Å². The van der Waals surface area contributed by atoms with E-state index in [1.807, 2.05) is 6.07 Å². The highest BCUT2D eigenvalue weighted by Gasteiger charge is 2.28. The smallest absolute Gasteiger partial charge is 0.267 e. The van der Waals surface area contributed by atoms with E-state index >= 15 is 0 Å². The van der Waals surface area contributed by atoms with Crippen LogP contribution < -0.4 is 10.9 Å². The van der Waals surface area contributed by atoms with E-state index in [1.165, 1.54) is 16.4 Å². The lowest BCUT2D eigenvalue weighted by molar-refractivity contribution is -0.117. The Morgan fingerprint density at radius 3 is 2.47 bits per heavy atom. The van der Waals surface area contributed by atoms with Gasteiger partial charge in [0.2, 0.25) is 15.9 Å². The minimum atomic E-state index is -3.60. The minimum Gasteiger partial charge on any atom is -0.324 e. The van der Waals surface area contributed by atoms with Gasteiger partial charge in [-0.25, -0.2) is 13.1 Å². The molecule has 0 aliphatic carbocycles. The fraction of sp³-hybridized carbons (Fsp3) is 0.261. The van der Waals surface area contributed by atoms with Crippen LogP contribution in [0.1, 0.15) is 18.4 Å². The van der Waals surface area contributed by atoms with Crippen molar-refractivity contribution >= 4 is 21.6 Å². The molecule has 1 saturated heterocycles. The number of sulfonamides is 1. The third kappa shape index (κ3) is 4.63. The number of nitrogens with one attached hydrogen (secondary N) is 1. The van der Waals surface area contributed by atoms with Gasteiger partial charge in [-0.15, -0.1) is 0 Å². The molecule has 4 rings (SSSR count). The predicted octanol–water partition coefficient (Wildman–Crippen LogP) is 2.64. The number of para-hydroxylation sites is 1. The Bertz CT molecular complexity index is 1300. The van der Waals surface area contributed by atoms with Gasteiger partial charge in [-0.05, 0) is 49.6 Å². The van der Waals surface area contributed by atoms with Gasteiger partial charge >= 0.3 is 0 Å². The van der Waals surface area contributed by atoms with Crippen molar-refractivity contribution in [3.8, 4) is 11.3 Å². The summed E-state index contributed by atoms with van der Waals surface area (Å²) in [6, 6.07) is 16.9. The molecule has 0 spiro atoms. The largest absolute Gasteiger partial charge is 0.324 e. The second kappa shape index (κ2) is 9.05. The number of hydrogen-bond acceptors (Lipinski definition) is 5. The van der Waals surface area contributed by atoms with E-state index in [9.17, 15) is 18.0 Å². The Morgan fingerprint density at radius 1 is 1.03 bits per heavy atom. The SMILES string of the molecule is Cc1ccc(-c2ccc(=O)n(CC(=O)Nc3ccccc3)n2)cc1S(=O)(=O)N1CCCC1. The molecule has 2 aromatic carbocycles. The monoisotopic (exact) mass is 452 g/mol. The van der Waals surface area contributed by atoms with Gasteiger partial charge in [0.25, 0.3) is 5.56 Å². The van der Waals surface area contributed by atoms with Crippen LogP contribution in [0, 0.1) is 6.92 Å². The molecule has 2 heterocycles. The summed E-state index contributed by atoms with van der Waals surface area (Å²) in [6.45, 7) is 2.54. The number of amides is 1. The van der Waals surface area contributed by atoms with Crippen LogP contribution in [0.4, 0.5) is 5.69 Å². The number of aromatic nitrogens is 2. The molecule has 1 aliphatic rings. The van der Waals surface area contributed by atoms with Gasteiger partial charge in [-0.1, -0.05) is 30.3 Å². The van der Waals surface area contributed by atoms with Crippen molar-refractivity contribution in [2.24, 2.45) is 0 Å².